The third-order valence-electron chi connectivity index (χ3n) is 1.90. The van der Waals surface area contributed by atoms with Gasteiger partial charge < -0.3 is 9.84 Å². The van der Waals surface area contributed by atoms with Gasteiger partial charge in [0.15, 0.2) is 0 Å². The third kappa shape index (κ3) is 2.41. The van der Waals surface area contributed by atoms with E-state index in [0.717, 1.165) is 13.3 Å². The average Bonchev–Trinajstić information content (AvgIpc) is 2.19. The molecule has 1 N–H and O–H groups in total. The van der Waals surface area contributed by atoms with Gasteiger partial charge in [-0.2, -0.15) is 4.39 Å². The van der Waals surface area contributed by atoms with E-state index in [9.17, 15) is 18.0 Å². The molecule has 0 amide bonds. The lowest BCUT2D eigenvalue weighted by Crippen LogP contribution is -2.09. The van der Waals surface area contributed by atoms with Gasteiger partial charge in [-0.05, 0) is 0 Å². The summed E-state index contributed by atoms with van der Waals surface area (Å²) in [6, 6.07) is 0. The summed E-state index contributed by atoms with van der Waals surface area (Å²) in [5.74, 6) is -2.97. The van der Waals surface area contributed by atoms with Gasteiger partial charge in [-0.25, -0.2) is 13.8 Å². The highest BCUT2D eigenvalue weighted by Crippen LogP contribution is 2.32. The Morgan fingerprint density at radius 3 is 2.69 bits per heavy atom. The fraction of sp³-hybridized carbons (Fsp3) is 0.333. The van der Waals surface area contributed by atoms with Crippen LogP contribution in [0.15, 0.2) is 6.20 Å². The molecule has 0 atom stereocenters. The fourth-order valence-corrected chi connectivity index (χ4v) is 1.24. The first-order chi connectivity index (χ1) is 7.47. The Bertz CT molecular complexity index is 409. The Hall–Kier alpha value is -1.79. The largest absolute Gasteiger partial charge is 0.495 e. The standard InChI is InChI=1S/C9H8F3NO3/c1-16-5-3-13-9(12)4(2-6(14)15)7(5)8(10)11/h3,8H,2H2,1H3,(H,14,15). The first kappa shape index (κ1) is 12.3. The van der Waals surface area contributed by atoms with E-state index in [1.807, 2.05) is 0 Å². The summed E-state index contributed by atoms with van der Waals surface area (Å²) in [6.45, 7) is 0. The summed E-state index contributed by atoms with van der Waals surface area (Å²) in [6.07, 6.45) is -3.10. The van der Waals surface area contributed by atoms with E-state index in [2.05, 4.69) is 9.72 Å². The van der Waals surface area contributed by atoms with E-state index >= 15 is 0 Å². The van der Waals surface area contributed by atoms with Crippen LogP contribution in [0.1, 0.15) is 17.6 Å². The van der Waals surface area contributed by atoms with Gasteiger partial charge in [0.05, 0.1) is 25.3 Å². The minimum atomic E-state index is -3.03. The van der Waals surface area contributed by atoms with Crippen LogP contribution in [0.2, 0.25) is 0 Å². The van der Waals surface area contributed by atoms with Crippen molar-refractivity contribution in [1.82, 2.24) is 4.98 Å². The van der Waals surface area contributed by atoms with E-state index < -0.39 is 35.9 Å². The van der Waals surface area contributed by atoms with Gasteiger partial charge in [0.25, 0.3) is 6.43 Å². The molecule has 0 aliphatic heterocycles. The summed E-state index contributed by atoms with van der Waals surface area (Å²) in [7, 11) is 1.12. The normalized spacial score (nSPS) is 10.6. The monoisotopic (exact) mass is 235 g/mol. The van der Waals surface area contributed by atoms with Crippen molar-refractivity contribution in [3.05, 3.63) is 23.3 Å². The maximum atomic E-state index is 13.1. The van der Waals surface area contributed by atoms with E-state index in [4.69, 9.17) is 5.11 Å². The molecule has 0 saturated carbocycles. The Balaban J connectivity index is 3.35. The van der Waals surface area contributed by atoms with E-state index in [-0.39, 0.29) is 5.75 Å². The van der Waals surface area contributed by atoms with Crippen LogP contribution in [0.4, 0.5) is 13.2 Å². The number of methoxy groups -OCH3 is 1. The summed E-state index contributed by atoms with van der Waals surface area (Å²) >= 11 is 0. The number of nitrogens with zero attached hydrogens (tertiary/aromatic N) is 1. The molecule has 0 aromatic carbocycles. The second kappa shape index (κ2) is 4.82. The van der Waals surface area contributed by atoms with Crippen molar-refractivity contribution in [2.75, 3.05) is 7.11 Å². The van der Waals surface area contributed by atoms with E-state index in [1.54, 1.807) is 0 Å². The maximum absolute atomic E-state index is 13.1. The molecule has 4 nitrogen and oxygen atoms in total. The summed E-state index contributed by atoms with van der Waals surface area (Å²) in [5, 5.41) is 8.48. The van der Waals surface area contributed by atoms with Gasteiger partial charge in [0.2, 0.25) is 5.95 Å². The van der Waals surface area contributed by atoms with Crippen molar-refractivity contribution in [2.24, 2.45) is 0 Å². The number of ether oxygens (including phenoxy) is 1. The van der Waals surface area contributed by atoms with Crippen LogP contribution in [0.25, 0.3) is 0 Å². The number of hydrogen-bond donors (Lipinski definition) is 1. The smallest absolute Gasteiger partial charge is 0.308 e. The zero-order valence-corrected chi connectivity index (χ0v) is 8.21. The molecule has 0 fully saturated rings. The van der Waals surface area contributed by atoms with Gasteiger partial charge in [-0.15, -0.1) is 0 Å². The van der Waals surface area contributed by atoms with Gasteiger partial charge in [0, 0.05) is 5.56 Å². The van der Waals surface area contributed by atoms with E-state index in [1.165, 1.54) is 0 Å². The van der Waals surface area contributed by atoms with Crippen LogP contribution in [0.3, 0.4) is 0 Å². The first-order valence-corrected chi connectivity index (χ1v) is 4.18. The zero-order valence-electron chi connectivity index (χ0n) is 8.21. The number of carbonyl (C=O) groups is 1. The number of alkyl halides is 2. The Kier molecular flexibility index (Phi) is 3.70. The Morgan fingerprint density at radius 1 is 1.62 bits per heavy atom. The van der Waals surface area contributed by atoms with Crippen LogP contribution < -0.4 is 4.74 Å². The summed E-state index contributed by atoms with van der Waals surface area (Å²) in [5.41, 5.74) is -1.42. The lowest BCUT2D eigenvalue weighted by Gasteiger charge is -2.11. The third-order valence-corrected chi connectivity index (χ3v) is 1.90. The summed E-state index contributed by atoms with van der Waals surface area (Å²) in [4.78, 5) is 13.6. The van der Waals surface area contributed by atoms with Crippen molar-refractivity contribution in [2.45, 2.75) is 12.8 Å². The minimum absolute atomic E-state index is 0.326. The number of hydrogen-bond acceptors (Lipinski definition) is 3. The van der Waals surface area contributed by atoms with Crippen LogP contribution in [0, 0.1) is 5.95 Å². The molecule has 0 unspecified atom stereocenters. The molecule has 0 aliphatic rings. The van der Waals surface area contributed by atoms with Crippen LogP contribution >= 0.6 is 0 Å². The van der Waals surface area contributed by atoms with Crippen molar-refractivity contribution >= 4 is 5.97 Å². The van der Waals surface area contributed by atoms with Crippen molar-refractivity contribution in [1.29, 1.82) is 0 Å². The van der Waals surface area contributed by atoms with Gasteiger partial charge in [-0.3, -0.25) is 4.79 Å². The SMILES string of the molecule is COc1cnc(F)c(CC(=O)O)c1C(F)F. The van der Waals surface area contributed by atoms with Crippen LogP contribution in [-0.2, 0) is 11.2 Å². The van der Waals surface area contributed by atoms with Crippen LogP contribution in [0.5, 0.6) is 5.75 Å². The average molecular weight is 235 g/mol. The lowest BCUT2D eigenvalue weighted by atomic mass is 10.1. The Morgan fingerprint density at radius 2 is 2.25 bits per heavy atom. The van der Waals surface area contributed by atoms with Crippen molar-refractivity contribution < 1.29 is 27.8 Å². The highest BCUT2D eigenvalue weighted by Gasteiger charge is 2.24. The number of halogens is 3. The molecule has 0 saturated heterocycles. The number of pyridine rings is 1. The number of carboxylic acid groups (broad SMARTS) is 1. The van der Waals surface area contributed by atoms with Crippen LogP contribution in [-0.4, -0.2) is 23.2 Å². The number of carboxylic acids is 1. The predicted molar refractivity (Wildman–Crippen MR) is 47.0 cm³/mol. The van der Waals surface area contributed by atoms with Gasteiger partial charge in [-0.1, -0.05) is 0 Å². The topological polar surface area (TPSA) is 59.4 Å². The molecule has 1 aromatic rings. The molecule has 16 heavy (non-hydrogen) atoms. The fourth-order valence-electron chi connectivity index (χ4n) is 1.24. The second-order valence-electron chi connectivity index (χ2n) is 2.88. The molecule has 1 rings (SSSR count). The predicted octanol–water partition coefficient (Wildman–Crippen LogP) is 1.79. The molecule has 1 aromatic heterocycles. The maximum Gasteiger partial charge on any atom is 0.308 e. The highest BCUT2D eigenvalue weighted by atomic mass is 19.3. The van der Waals surface area contributed by atoms with Gasteiger partial charge >= 0.3 is 5.97 Å². The number of aliphatic carboxylic acids is 1. The molecule has 0 spiro atoms. The van der Waals surface area contributed by atoms with Crippen molar-refractivity contribution in [3.63, 3.8) is 0 Å². The molecule has 7 heteroatoms. The Labute approximate surface area is 88.7 Å². The zero-order chi connectivity index (χ0) is 12.3. The molecular weight excluding hydrogens is 227 g/mol. The lowest BCUT2D eigenvalue weighted by molar-refractivity contribution is -0.136. The highest BCUT2D eigenvalue weighted by molar-refractivity contribution is 5.71. The molecule has 1 heterocycles. The van der Waals surface area contributed by atoms with Crippen molar-refractivity contribution in [3.8, 4) is 5.75 Å². The summed E-state index contributed by atoms with van der Waals surface area (Å²) < 4.78 is 43.0. The first-order valence-electron chi connectivity index (χ1n) is 4.18. The minimum Gasteiger partial charge on any atom is -0.495 e. The number of rotatable bonds is 4. The van der Waals surface area contributed by atoms with E-state index in [0.29, 0.717) is 0 Å². The molecule has 0 bridgehead atoms. The molecule has 88 valence electrons. The molecule has 0 aliphatic carbocycles. The molecular formula is C9H8F3NO3. The second-order valence-corrected chi connectivity index (χ2v) is 2.88. The van der Waals surface area contributed by atoms with Gasteiger partial charge in [0.1, 0.15) is 5.75 Å². The molecule has 0 radical (unpaired) electrons. The quantitative estimate of drug-likeness (QED) is 0.808. The number of aromatic nitrogens is 1.